The minimum absolute atomic E-state index is 0.102. The number of nitrogens with zero attached hydrogens (tertiary/aromatic N) is 3. The molecule has 4 rings (SSSR count). The van der Waals surface area contributed by atoms with Crippen LogP contribution >= 0.6 is 11.6 Å². The van der Waals surface area contributed by atoms with Crippen LogP contribution in [0.15, 0.2) is 76.4 Å². The van der Waals surface area contributed by atoms with Gasteiger partial charge in [0.05, 0.1) is 18.6 Å². The molecule has 2 heterocycles. The lowest BCUT2D eigenvalue weighted by atomic mass is 10.2. The average Bonchev–Trinajstić information content (AvgIpc) is 2.71. The third kappa shape index (κ3) is 3.46. The van der Waals surface area contributed by atoms with E-state index in [4.69, 9.17) is 11.6 Å². The second kappa shape index (κ2) is 7.40. The van der Waals surface area contributed by atoms with Crippen molar-refractivity contribution in [1.82, 2.24) is 14.1 Å². The molecule has 5 nitrogen and oxygen atoms in total. The lowest BCUT2D eigenvalue weighted by Gasteiger charge is -2.14. The zero-order chi connectivity index (χ0) is 19.7. The molecule has 2 aromatic carbocycles. The van der Waals surface area contributed by atoms with Crippen molar-refractivity contribution >= 4 is 22.6 Å². The minimum Gasteiger partial charge on any atom is -0.287 e. The van der Waals surface area contributed by atoms with E-state index in [1.165, 1.54) is 22.9 Å². The van der Waals surface area contributed by atoms with Crippen molar-refractivity contribution in [3.63, 3.8) is 0 Å². The Bertz CT molecular complexity index is 1260. The molecule has 140 valence electrons. The first-order valence-corrected chi connectivity index (χ1v) is 8.98. The molecule has 0 spiro atoms. The fourth-order valence-corrected chi connectivity index (χ4v) is 3.21. The SMILES string of the molecule is O=c1c2ncccc2n(Cc2ccc(F)cc2)c(=O)n1Cc1ccc(Cl)cc1. The molecular formula is C21H15ClFN3O2. The van der Waals surface area contributed by atoms with E-state index >= 15 is 0 Å². The number of fused-ring (bicyclic) bond motifs is 1. The van der Waals surface area contributed by atoms with E-state index in [1.807, 2.05) is 0 Å². The molecule has 28 heavy (non-hydrogen) atoms. The zero-order valence-corrected chi connectivity index (χ0v) is 15.4. The van der Waals surface area contributed by atoms with Crippen LogP contribution in [0.5, 0.6) is 0 Å². The summed E-state index contributed by atoms with van der Waals surface area (Å²) in [4.78, 5) is 30.2. The van der Waals surface area contributed by atoms with Gasteiger partial charge >= 0.3 is 5.69 Å². The number of aromatic nitrogens is 3. The van der Waals surface area contributed by atoms with Crippen molar-refractivity contribution in [2.45, 2.75) is 13.1 Å². The largest absolute Gasteiger partial charge is 0.332 e. The topological polar surface area (TPSA) is 56.9 Å². The van der Waals surface area contributed by atoms with Gasteiger partial charge in [-0.3, -0.25) is 13.9 Å². The summed E-state index contributed by atoms with van der Waals surface area (Å²) >= 11 is 5.91. The maximum absolute atomic E-state index is 13.2. The van der Waals surface area contributed by atoms with Gasteiger partial charge in [-0.25, -0.2) is 14.2 Å². The monoisotopic (exact) mass is 395 g/mol. The Hall–Kier alpha value is -3.25. The van der Waals surface area contributed by atoms with E-state index in [-0.39, 0.29) is 24.4 Å². The zero-order valence-electron chi connectivity index (χ0n) is 14.7. The van der Waals surface area contributed by atoms with E-state index in [0.717, 1.165) is 15.7 Å². The van der Waals surface area contributed by atoms with Crippen molar-refractivity contribution in [3.05, 3.63) is 110 Å². The molecule has 0 saturated heterocycles. The lowest BCUT2D eigenvalue weighted by molar-refractivity contribution is 0.620. The summed E-state index contributed by atoms with van der Waals surface area (Å²) in [6, 6.07) is 16.2. The van der Waals surface area contributed by atoms with Crippen LogP contribution in [0.4, 0.5) is 4.39 Å². The quantitative estimate of drug-likeness (QED) is 0.532. The smallest absolute Gasteiger partial charge is 0.287 e. The lowest BCUT2D eigenvalue weighted by Crippen LogP contribution is -2.40. The number of hydrogen-bond acceptors (Lipinski definition) is 3. The van der Waals surface area contributed by atoms with Gasteiger partial charge in [-0.1, -0.05) is 35.9 Å². The van der Waals surface area contributed by atoms with Gasteiger partial charge in [0.15, 0.2) is 5.52 Å². The fourth-order valence-electron chi connectivity index (χ4n) is 3.08. The van der Waals surface area contributed by atoms with Gasteiger partial charge < -0.3 is 0 Å². The van der Waals surface area contributed by atoms with E-state index < -0.39 is 11.2 Å². The highest BCUT2D eigenvalue weighted by Gasteiger charge is 2.14. The molecule has 0 aliphatic rings. The molecule has 0 unspecified atom stereocenters. The van der Waals surface area contributed by atoms with Crippen LogP contribution in [0, 0.1) is 5.82 Å². The molecule has 0 saturated carbocycles. The van der Waals surface area contributed by atoms with Gasteiger partial charge in [-0.2, -0.15) is 0 Å². The van der Waals surface area contributed by atoms with E-state index in [2.05, 4.69) is 4.98 Å². The molecule has 0 amide bonds. The molecule has 0 N–H and O–H groups in total. The van der Waals surface area contributed by atoms with Crippen molar-refractivity contribution in [1.29, 1.82) is 0 Å². The highest BCUT2D eigenvalue weighted by Crippen LogP contribution is 2.12. The Morgan fingerprint density at radius 1 is 0.857 bits per heavy atom. The van der Waals surface area contributed by atoms with Gasteiger partial charge in [-0.05, 0) is 47.5 Å². The molecule has 2 aromatic heterocycles. The van der Waals surface area contributed by atoms with Crippen molar-refractivity contribution < 1.29 is 4.39 Å². The summed E-state index contributed by atoms with van der Waals surface area (Å²) < 4.78 is 15.8. The van der Waals surface area contributed by atoms with E-state index in [1.54, 1.807) is 48.5 Å². The normalized spacial score (nSPS) is 11.1. The van der Waals surface area contributed by atoms with E-state index in [0.29, 0.717) is 10.5 Å². The Balaban J connectivity index is 1.88. The maximum atomic E-state index is 13.2. The summed E-state index contributed by atoms with van der Waals surface area (Å²) in [6.07, 6.45) is 1.52. The molecular weight excluding hydrogens is 381 g/mol. The van der Waals surface area contributed by atoms with Crippen molar-refractivity contribution in [3.8, 4) is 0 Å². The molecule has 0 aliphatic carbocycles. The van der Waals surface area contributed by atoms with Crippen LogP contribution < -0.4 is 11.2 Å². The van der Waals surface area contributed by atoms with Crippen LogP contribution in [0.3, 0.4) is 0 Å². The number of benzene rings is 2. The van der Waals surface area contributed by atoms with Gasteiger partial charge in [0.25, 0.3) is 5.56 Å². The first kappa shape index (κ1) is 18.1. The average molecular weight is 396 g/mol. The number of hydrogen-bond donors (Lipinski definition) is 0. The van der Waals surface area contributed by atoms with Crippen LogP contribution in [-0.4, -0.2) is 14.1 Å². The predicted octanol–water partition coefficient (Wildman–Crippen LogP) is 3.45. The summed E-state index contributed by atoms with van der Waals surface area (Å²) in [6.45, 7) is 0.299. The second-order valence-electron chi connectivity index (χ2n) is 6.38. The maximum Gasteiger partial charge on any atom is 0.332 e. The Morgan fingerprint density at radius 2 is 1.46 bits per heavy atom. The second-order valence-corrected chi connectivity index (χ2v) is 6.82. The third-order valence-corrected chi connectivity index (χ3v) is 4.75. The minimum atomic E-state index is -0.454. The van der Waals surface area contributed by atoms with Gasteiger partial charge in [0.1, 0.15) is 5.82 Å². The summed E-state index contributed by atoms with van der Waals surface area (Å²) in [7, 11) is 0. The summed E-state index contributed by atoms with van der Waals surface area (Å²) in [5.74, 6) is -0.352. The number of halogens is 2. The molecule has 0 bridgehead atoms. The third-order valence-electron chi connectivity index (χ3n) is 4.49. The van der Waals surface area contributed by atoms with Crippen LogP contribution in [0.2, 0.25) is 5.02 Å². The Morgan fingerprint density at radius 3 is 2.14 bits per heavy atom. The molecule has 0 atom stereocenters. The Labute approximate surface area is 164 Å². The van der Waals surface area contributed by atoms with Crippen LogP contribution in [0.1, 0.15) is 11.1 Å². The van der Waals surface area contributed by atoms with Crippen LogP contribution in [0.25, 0.3) is 11.0 Å². The number of pyridine rings is 1. The number of rotatable bonds is 4. The van der Waals surface area contributed by atoms with E-state index in [9.17, 15) is 14.0 Å². The first-order valence-electron chi connectivity index (χ1n) is 8.60. The highest BCUT2D eigenvalue weighted by molar-refractivity contribution is 6.30. The van der Waals surface area contributed by atoms with Crippen LogP contribution in [-0.2, 0) is 13.1 Å². The van der Waals surface area contributed by atoms with Gasteiger partial charge in [-0.15, -0.1) is 0 Å². The molecule has 4 aromatic rings. The molecule has 0 fully saturated rings. The first-order chi connectivity index (χ1) is 13.5. The summed E-state index contributed by atoms with van der Waals surface area (Å²) in [5.41, 5.74) is 1.25. The standard InChI is InChI=1S/C21H15ClFN3O2/c22-16-7-3-14(4-8-16)13-26-20(27)19-18(2-1-11-24-19)25(21(26)28)12-15-5-9-17(23)10-6-15/h1-11H,12-13H2. The molecule has 0 radical (unpaired) electrons. The van der Waals surface area contributed by atoms with Crippen molar-refractivity contribution in [2.75, 3.05) is 0 Å². The van der Waals surface area contributed by atoms with Gasteiger partial charge in [0.2, 0.25) is 0 Å². The molecule has 0 aliphatic heterocycles. The van der Waals surface area contributed by atoms with Gasteiger partial charge in [0, 0.05) is 11.2 Å². The molecule has 7 heteroatoms. The predicted molar refractivity (Wildman–Crippen MR) is 106 cm³/mol. The fraction of sp³-hybridized carbons (Fsp3) is 0.0952. The highest BCUT2D eigenvalue weighted by atomic mass is 35.5. The summed E-state index contributed by atoms with van der Waals surface area (Å²) in [5, 5.41) is 0.574. The van der Waals surface area contributed by atoms with Crippen molar-refractivity contribution in [2.24, 2.45) is 0 Å². The Kier molecular flexibility index (Phi) is 4.79.